The van der Waals surface area contributed by atoms with E-state index in [1.807, 2.05) is 6.07 Å². The second kappa shape index (κ2) is 4.09. The number of pyridine rings is 1. The first kappa shape index (κ1) is 10.7. The van der Waals surface area contributed by atoms with Crippen LogP contribution in [0, 0.1) is 11.8 Å². The minimum Gasteiger partial charge on any atom is -0.481 e. The maximum atomic E-state index is 5.95. The van der Waals surface area contributed by atoms with Gasteiger partial charge in [0.15, 0.2) is 5.82 Å². The van der Waals surface area contributed by atoms with Crippen molar-refractivity contribution in [3.63, 3.8) is 0 Å². The first-order valence-electron chi connectivity index (χ1n) is 6.35. The van der Waals surface area contributed by atoms with E-state index >= 15 is 0 Å². The van der Waals surface area contributed by atoms with E-state index in [0.29, 0.717) is 17.6 Å². The van der Waals surface area contributed by atoms with Crippen molar-refractivity contribution in [3.8, 4) is 5.88 Å². The predicted octanol–water partition coefficient (Wildman–Crippen LogP) is 2.27. The number of aromatic nitrogens is 1. The Labute approximate surface area is 102 Å². The summed E-state index contributed by atoms with van der Waals surface area (Å²) in [7, 11) is 1.63. The van der Waals surface area contributed by atoms with Gasteiger partial charge in [0.2, 0.25) is 5.88 Å². The highest BCUT2D eigenvalue weighted by atomic mass is 16.5. The standard InChI is InChI=1S/C13H19N3O/c1-17-11-7-6-10(14)13(15-11)16-12(8-2-3-8)9-4-5-9/h6-9,12H,2-5,14H2,1H3,(H,15,16). The topological polar surface area (TPSA) is 60.2 Å². The summed E-state index contributed by atoms with van der Waals surface area (Å²) in [5, 5.41) is 3.53. The summed E-state index contributed by atoms with van der Waals surface area (Å²) in [6.07, 6.45) is 5.38. The van der Waals surface area contributed by atoms with Crippen LogP contribution in [0.3, 0.4) is 0 Å². The van der Waals surface area contributed by atoms with Gasteiger partial charge in [0.05, 0.1) is 12.8 Å². The van der Waals surface area contributed by atoms with Crippen LogP contribution in [0.4, 0.5) is 11.5 Å². The van der Waals surface area contributed by atoms with Gasteiger partial charge in [-0.2, -0.15) is 4.98 Å². The monoisotopic (exact) mass is 233 g/mol. The van der Waals surface area contributed by atoms with Crippen LogP contribution in [0.2, 0.25) is 0 Å². The first-order chi connectivity index (χ1) is 8.28. The van der Waals surface area contributed by atoms with Crippen molar-refractivity contribution in [2.24, 2.45) is 11.8 Å². The summed E-state index contributed by atoms with van der Waals surface area (Å²) in [5.74, 6) is 3.06. The normalized spacial score (nSPS) is 19.4. The van der Waals surface area contributed by atoms with Crippen LogP contribution in [-0.4, -0.2) is 18.1 Å². The molecule has 2 aliphatic carbocycles. The smallest absolute Gasteiger partial charge is 0.215 e. The molecular formula is C13H19N3O. The van der Waals surface area contributed by atoms with Gasteiger partial charge in [-0.3, -0.25) is 0 Å². The largest absolute Gasteiger partial charge is 0.481 e. The van der Waals surface area contributed by atoms with Crippen LogP contribution >= 0.6 is 0 Å². The molecule has 2 saturated carbocycles. The highest BCUT2D eigenvalue weighted by Gasteiger charge is 2.41. The third kappa shape index (κ3) is 2.30. The lowest BCUT2D eigenvalue weighted by Gasteiger charge is -2.19. The fourth-order valence-electron chi connectivity index (χ4n) is 2.37. The lowest BCUT2D eigenvalue weighted by molar-refractivity contribution is 0.398. The highest BCUT2D eigenvalue weighted by molar-refractivity contribution is 5.62. The molecule has 0 unspecified atom stereocenters. The number of rotatable bonds is 5. The number of anilines is 2. The number of ether oxygens (including phenoxy) is 1. The summed E-state index contributed by atoms with van der Waals surface area (Å²) < 4.78 is 5.14. The lowest BCUT2D eigenvalue weighted by atomic mass is 10.1. The molecule has 3 rings (SSSR count). The van der Waals surface area contributed by atoms with Gasteiger partial charge >= 0.3 is 0 Å². The molecular weight excluding hydrogens is 214 g/mol. The summed E-state index contributed by atoms with van der Waals surface area (Å²) in [5.41, 5.74) is 6.66. The van der Waals surface area contributed by atoms with Crippen LogP contribution in [0.15, 0.2) is 12.1 Å². The van der Waals surface area contributed by atoms with Gasteiger partial charge in [-0.15, -0.1) is 0 Å². The average Bonchev–Trinajstić information content (AvgIpc) is 3.19. The molecule has 2 fully saturated rings. The van der Waals surface area contributed by atoms with Crippen molar-refractivity contribution < 1.29 is 4.74 Å². The maximum absolute atomic E-state index is 5.95. The SMILES string of the molecule is COc1ccc(N)c(NC(C2CC2)C2CC2)n1. The van der Waals surface area contributed by atoms with Crippen molar-refractivity contribution >= 4 is 11.5 Å². The number of methoxy groups -OCH3 is 1. The summed E-state index contributed by atoms with van der Waals surface area (Å²) >= 11 is 0. The van der Waals surface area contributed by atoms with Gasteiger partial charge in [0, 0.05) is 12.1 Å². The minimum absolute atomic E-state index is 0.567. The average molecular weight is 233 g/mol. The Morgan fingerprint density at radius 2 is 1.94 bits per heavy atom. The quantitative estimate of drug-likeness (QED) is 0.819. The van der Waals surface area contributed by atoms with Crippen LogP contribution in [0.25, 0.3) is 0 Å². The van der Waals surface area contributed by atoms with Gasteiger partial charge < -0.3 is 15.8 Å². The molecule has 2 aliphatic rings. The fourth-order valence-corrected chi connectivity index (χ4v) is 2.37. The van der Waals surface area contributed by atoms with Crippen LogP contribution < -0.4 is 15.8 Å². The van der Waals surface area contributed by atoms with Crippen molar-refractivity contribution in [3.05, 3.63) is 12.1 Å². The third-order valence-electron chi connectivity index (χ3n) is 3.67. The number of nitrogens with one attached hydrogen (secondary N) is 1. The molecule has 4 nitrogen and oxygen atoms in total. The van der Waals surface area contributed by atoms with Gasteiger partial charge in [-0.05, 0) is 43.6 Å². The maximum Gasteiger partial charge on any atom is 0.215 e. The van der Waals surface area contributed by atoms with E-state index in [0.717, 1.165) is 17.7 Å². The predicted molar refractivity (Wildman–Crippen MR) is 68.1 cm³/mol. The van der Waals surface area contributed by atoms with Crippen LogP contribution in [0.5, 0.6) is 5.88 Å². The van der Waals surface area contributed by atoms with Crippen molar-refractivity contribution in [1.82, 2.24) is 4.98 Å². The zero-order chi connectivity index (χ0) is 11.8. The minimum atomic E-state index is 0.567. The molecule has 0 atom stereocenters. The zero-order valence-electron chi connectivity index (χ0n) is 10.1. The Morgan fingerprint density at radius 3 is 2.47 bits per heavy atom. The fraction of sp³-hybridized carbons (Fsp3) is 0.615. The van der Waals surface area contributed by atoms with Gasteiger partial charge in [-0.25, -0.2) is 0 Å². The van der Waals surface area contributed by atoms with E-state index in [4.69, 9.17) is 10.5 Å². The van der Waals surface area contributed by atoms with Gasteiger partial charge in [0.1, 0.15) is 0 Å². The summed E-state index contributed by atoms with van der Waals surface area (Å²) in [6, 6.07) is 4.21. The van der Waals surface area contributed by atoms with Crippen LogP contribution in [-0.2, 0) is 0 Å². The molecule has 0 amide bonds. The summed E-state index contributed by atoms with van der Waals surface area (Å²) in [6.45, 7) is 0. The molecule has 1 aromatic heterocycles. The lowest BCUT2D eigenvalue weighted by Crippen LogP contribution is -2.25. The molecule has 0 saturated heterocycles. The number of hydrogen-bond donors (Lipinski definition) is 2. The Morgan fingerprint density at radius 1 is 1.29 bits per heavy atom. The number of nitrogen functional groups attached to an aromatic ring is 1. The van der Waals surface area contributed by atoms with Crippen molar-refractivity contribution in [2.75, 3.05) is 18.2 Å². The first-order valence-corrected chi connectivity index (χ1v) is 6.35. The molecule has 4 heteroatoms. The highest BCUT2D eigenvalue weighted by Crippen LogP contribution is 2.46. The number of nitrogens with two attached hydrogens (primary N) is 1. The molecule has 1 heterocycles. The van der Waals surface area contributed by atoms with E-state index < -0.39 is 0 Å². The Balaban J connectivity index is 1.77. The molecule has 0 bridgehead atoms. The Bertz CT molecular complexity index is 401. The zero-order valence-corrected chi connectivity index (χ0v) is 10.1. The Kier molecular flexibility index (Phi) is 2.57. The molecule has 92 valence electrons. The summed E-state index contributed by atoms with van der Waals surface area (Å²) in [4.78, 5) is 4.39. The van der Waals surface area contributed by atoms with Gasteiger partial charge in [-0.1, -0.05) is 0 Å². The molecule has 0 spiro atoms. The third-order valence-corrected chi connectivity index (χ3v) is 3.67. The van der Waals surface area contributed by atoms with Gasteiger partial charge in [0.25, 0.3) is 0 Å². The van der Waals surface area contributed by atoms with E-state index in [1.165, 1.54) is 25.7 Å². The molecule has 3 N–H and O–H groups in total. The molecule has 0 aliphatic heterocycles. The van der Waals surface area contributed by atoms with E-state index in [-0.39, 0.29) is 0 Å². The second-order valence-corrected chi connectivity index (χ2v) is 5.14. The molecule has 0 aromatic carbocycles. The van der Waals surface area contributed by atoms with Crippen molar-refractivity contribution in [2.45, 2.75) is 31.7 Å². The van der Waals surface area contributed by atoms with Crippen LogP contribution in [0.1, 0.15) is 25.7 Å². The Hall–Kier alpha value is -1.45. The number of nitrogens with zero attached hydrogens (tertiary/aromatic N) is 1. The van der Waals surface area contributed by atoms with E-state index in [9.17, 15) is 0 Å². The molecule has 17 heavy (non-hydrogen) atoms. The van der Waals surface area contributed by atoms with E-state index in [1.54, 1.807) is 13.2 Å². The molecule has 1 aromatic rings. The van der Waals surface area contributed by atoms with Crippen molar-refractivity contribution in [1.29, 1.82) is 0 Å². The van der Waals surface area contributed by atoms with E-state index in [2.05, 4.69) is 10.3 Å². The number of hydrogen-bond acceptors (Lipinski definition) is 4. The molecule has 0 radical (unpaired) electrons. The second-order valence-electron chi connectivity index (χ2n) is 5.14.